The molecule has 0 saturated carbocycles. The monoisotopic (exact) mass is 319 g/mol. The first-order chi connectivity index (χ1) is 10.1. The molecule has 2 unspecified atom stereocenters. The second-order valence-corrected chi connectivity index (χ2v) is 5.52. The number of halogens is 2. The van der Waals surface area contributed by atoms with Crippen molar-refractivity contribution < 1.29 is 5.11 Å². The van der Waals surface area contributed by atoms with Crippen LogP contribution in [0.1, 0.15) is 42.2 Å². The molecule has 0 radical (unpaired) electrons. The van der Waals surface area contributed by atoms with Crippen molar-refractivity contribution >= 4 is 23.2 Å². The van der Waals surface area contributed by atoms with Crippen LogP contribution in [0.5, 0.6) is 0 Å². The van der Waals surface area contributed by atoms with Gasteiger partial charge in [-0.1, -0.05) is 48.2 Å². The van der Waals surface area contributed by atoms with Crippen molar-refractivity contribution in [1.29, 1.82) is 0 Å². The number of hydrogen-bond donors (Lipinski definition) is 1. The Morgan fingerprint density at radius 2 is 2.05 bits per heavy atom. The molecule has 0 aliphatic rings. The predicted molar refractivity (Wildman–Crippen MR) is 86.6 cm³/mol. The zero-order valence-corrected chi connectivity index (χ0v) is 13.1. The Labute approximate surface area is 134 Å². The number of aliphatic hydroxyl groups is 1. The van der Waals surface area contributed by atoms with E-state index < -0.39 is 6.10 Å². The van der Waals surface area contributed by atoms with Crippen LogP contribution >= 0.6 is 23.2 Å². The first-order valence-electron chi connectivity index (χ1n) is 6.62. The van der Waals surface area contributed by atoms with Gasteiger partial charge in [0.05, 0.1) is 5.69 Å². The number of hydrogen-bond acceptors (Lipinski definition) is 2. The lowest BCUT2D eigenvalue weighted by Gasteiger charge is -2.20. The van der Waals surface area contributed by atoms with E-state index in [0.717, 1.165) is 17.7 Å². The van der Waals surface area contributed by atoms with Gasteiger partial charge in [-0.15, -0.1) is 6.42 Å². The molecule has 0 fully saturated rings. The van der Waals surface area contributed by atoms with Gasteiger partial charge in [-0.25, -0.2) is 0 Å². The first-order valence-corrected chi connectivity index (χ1v) is 7.38. The van der Waals surface area contributed by atoms with E-state index in [9.17, 15) is 5.11 Å². The third-order valence-corrected chi connectivity index (χ3v) is 3.96. The van der Waals surface area contributed by atoms with Crippen molar-refractivity contribution in [2.45, 2.75) is 25.4 Å². The average molecular weight is 320 g/mol. The molecule has 0 aliphatic carbocycles. The molecular formula is C17H15Cl2NO. The number of aliphatic hydroxyl groups excluding tert-OH is 1. The second-order valence-electron chi connectivity index (χ2n) is 4.67. The second kappa shape index (κ2) is 6.95. The quantitative estimate of drug-likeness (QED) is 0.835. The fourth-order valence-electron chi connectivity index (χ4n) is 2.39. The van der Waals surface area contributed by atoms with Crippen molar-refractivity contribution in [2.24, 2.45) is 0 Å². The molecule has 2 nitrogen and oxygen atoms in total. The molecule has 0 spiro atoms. The lowest BCUT2D eigenvalue weighted by atomic mass is 9.88. The molecule has 1 heterocycles. The lowest BCUT2D eigenvalue weighted by molar-refractivity contribution is 0.236. The zero-order valence-electron chi connectivity index (χ0n) is 11.6. The van der Waals surface area contributed by atoms with E-state index in [1.807, 2.05) is 13.0 Å². The molecule has 1 aromatic heterocycles. The molecule has 2 rings (SSSR count). The van der Waals surface area contributed by atoms with Gasteiger partial charge in [0.2, 0.25) is 0 Å². The summed E-state index contributed by atoms with van der Waals surface area (Å²) in [7, 11) is 0. The highest BCUT2D eigenvalue weighted by atomic mass is 35.5. The average Bonchev–Trinajstić information content (AvgIpc) is 2.49. The maximum atomic E-state index is 9.98. The van der Waals surface area contributed by atoms with E-state index in [1.54, 1.807) is 30.5 Å². The van der Waals surface area contributed by atoms with E-state index in [2.05, 4.69) is 10.9 Å². The molecule has 0 saturated heterocycles. The van der Waals surface area contributed by atoms with Crippen LogP contribution < -0.4 is 0 Å². The SMILES string of the molecule is C#CC(O)c1cccnc1C(CC)c1ccc(Cl)cc1Cl. The largest absolute Gasteiger partial charge is 0.376 e. The normalized spacial score (nSPS) is 13.5. The summed E-state index contributed by atoms with van der Waals surface area (Å²) >= 11 is 12.3. The van der Waals surface area contributed by atoms with Crippen molar-refractivity contribution in [3.05, 3.63) is 63.4 Å². The van der Waals surface area contributed by atoms with E-state index in [0.29, 0.717) is 15.6 Å². The maximum absolute atomic E-state index is 9.98. The third-order valence-electron chi connectivity index (χ3n) is 3.40. The Bertz CT molecular complexity index is 679. The van der Waals surface area contributed by atoms with Gasteiger partial charge in [-0.3, -0.25) is 4.98 Å². The lowest BCUT2D eigenvalue weighted by Crippen LogP contribution is -2.09. The number of terminal acetylenes is 1. The Morgan fingerprint density at radius 1 is 1.29 bits per heavy atom. The molecule has 108 valence electrons. The summed E-state index contributed by atoms with van der Waals surface area (Å²) < 4.78 is 0. The highest BCUT2D eigenvalue weighted by Gasteiger charge is 2.22. The van der Waals surface area contributed by atoms with Crippen LogP contribution in [0.3, 0.4) is 0 Å². The Morgan fingerprint density at radius 3 is 2.67 bits per heavy atom. The Hall–Kier alpha value is -1.53. The Kier molecular flexibility index (Phi) is 5.25. The number of aromatic nitrogens is 1. The smallest absolute Gasteiger partial charge is 0.141 e. The van der Waals surface area contributed by atoms with Gasteiger partial charge in [0.1, 0.15) is 6.10 Å². The summed E-state index contributed by atoms with van der Waals surface area (Å²) in [6, 6.07) is 8.95. The summed E-state index contributed by atoms with van der Waals surface area (Å²) in [4.78, 5) is 4.41. The third kappa shape index (κ3) is 3.39. The van der Waals surface area contributed by atoms with Gasteiger partial charge in [0.25, 0.3) is 0 Å². The molecule has 0 bridgehead atoms. The molecule has 0 amide bonds. The molecule has 21 heavy (non-hydrogen) atoms. The van der Waals surface area contributed by atoms with Crippen molar-refractivity contribution in [3.8, 4) is 12.3 Å². The van der Waals surface area contributed by atoms with Gasteiger partial charge in [0, 0.05) is 27.7 Å². The molecular weight excluding hydrogens is 305 g/mol. The van der Waals surface area contributed by atoms with Crippen LogP contribution in [0, 0.1) is 12.3 Å². The summed E-state index contributed by atoms with van der Waals surface area (Å²) in [5, 5.41) is 11.2. The zero-order chi connectivity index (χ0) is 15.4. The van der Waals surface area contributed by atoms with E-state index in [4.69, 9.17) is 29.6 Å². The predicted octanol–water partition coefficient (Wildman–Crippen LogP) is 4.60. The molecule has 1 N–H and O–H groups in total. The van der Waals surface area contributed by atoms with Crippen molar-refractivity contribution in [2.75, 3.05) is 0 Å². The maximum Gasteiger partial charge on any atom is 0.141 e. The number of pyridine rings is 1. The fraction of sp³-hybridized carbons (Fsp3) is 0.235. The van der Waals surface area contributed by atoms with Gasteiger partial charge >= 0.3 is 0 Å². The van der Waals surface area contributed by atoms with E-state index in [1.165, 1.54) is 0 Å². The number of rotatable bonds is 4. The highest BCUT2D eigenvalue weighted by molar-refractivity contribution is 6.35. The van der Waals surface area contributed by atoms with Crippen molar-refractivity contribution in [1.82, 2.24) is 4.98 Å². The van der Waals surface area contributed by atoms with Crippen LogP contribution in [0.25, 0.3) is 0 Å². The van der Waals surface area contributed by atoms with Crippen LogP contribution in [0.15, 0.2) is 36.5 Å². The van der Waals surface area contributed by atoms with Crippen LogP contribution in [-0.4, -0.2) is 10.1 Å². The summed E-state index contributed by atoms with van der Waals surface area (Å²) in [5.74, 6) is 2.29. The van der Waals surface area contributed by atoms with E-state index in [-0.39, 0.29) is 5.92 Å². The minimum atomic E-state index is -0.978. The van der Waals surface area contributed by atoms with Gasteiger partial charge in [0.15, 0.2) is 0 Å². The van der Waals surface area contributed by atoms with Gasteiger partial charge in [-0.05, 0) is 30.2 Å². The molecule has 1 aromatic carbocycles. The number of nitrogens with zero attached hydrogens (tertiary/aromatic N) is 1. The molecule has 2 aromatic rings. The topological polar surface area (TPSA) is 33.1 Å². The first kappa shape index (κ1) is 15.9. The highest BCUT2D eigenvalue weighted by Crippen LogP contribution is 2.36. The van der Waals surface area contributed by atoms with E-state index >= 15 is 0 Å². The van der Waals surface area contributed by atoms with Crippen LogP contribution in [0.4, 0.5) is 0 Å². The van der Waals surface area contributed by atoms with Gasteiger partial charge in [-0.2, -0.15) is 0 Å². The van der Waals surface area contributed by atoms with Crippen LogP contribution in [-0.2, 0) is 0 Å². The summed E-state index contributed by atoms with van der Waals surface area (Å²) in [5.41, 5.74) is 2.31. The standard InChI is InChI=1S/C17H15Cl2NO/c1-3-12(13-8-7-11(18)10-15(13)19)17-14(16(21)4-2)6-5-9-20-17/h2,5-10,12,16,21H,3H2,1H3. The molecule has 0 aliphatic heterocycles. The Balaban J connectivity index is 2.55. The molecule has 2 atom stereocenters. The fourth-order valence-corrected chi connectivity index (χ4v) is 2.93. The number of benzene rings is 1. The summed E-state index contributed by atoms with van der Waals surface area (Å²) in [6.45, 7) is 2.04. The minimum absolute atomic E-state index is 0.0473. The van der Waals surface area contributed by atoms with Crippen LogP contribution in [0.2, 0.25) is 10.0 Å². The van der Waals surface area contributed by atoms with Crippen molar-refractivity contribution in [3.63, 3.8) is 0 Å². The molecule has 4 heteroatoms. The summed E-state index contributed by atoms with van der Waals surface area (Å²) in [6.07, 6.45) is 6.82. The van der Waals surface area contributed by atoms with Gasteiger partial charge < -0.3 is 5.11 Å². The minimum Gasteiger partial charge on any atom is -0.376 e.